The van der Waals surface area contributed by atoms with E-state index >= 15 is 0 Å². The van der Waals surface area contributed by atoms with E-state index in [1.54, 1.807) is 11.9 Å². The van der Waals surface area contributed by atoms with Crippen LogP contribution >= 0.6 is 0 Å². The molecule has 3 aromatic carbocycles. The van der Waals surface area contributed by atoms with E-state index in [1.807, 2.05) is 56.4 Å². The number of amidine groups is 1. The maximum Gasteiger partial charge on any atom is 0.251 e. The molecule has 1 fully saturated rings. The van der Waals surface area contributed by atoms with E-state index in [0.717, 1.165) is 57.6 Å². The highest BCUT2D eigenvalue weighted by Gasteiger charge is 2.44. The second-order valence-corrected chi connectivity index (χ2v) is 12.6. The van der Waals surface area contributed by atoms with Gasteiger partial charge in [0.1, 0.15) is 11.9 Å². The van der Waals surface area contributed by atoms with Crippen molar-refractivity contribution in [3.05, 3.63) is 106 Å². The summed E-state index contributed by atoms with van der Waals surface area (Å²) in [6.07, 6.45) is 3.47. The molecular weight excluding hydrogens is 586 g/mol. The molecule has 0 spiro atoms. The highest BCUT2D eigenvalue weighted by atomic mass is 16.2. The van der Waals surface area contributed by atoms with Crippen molar-refractivity contribution in [2.75, 3.05) is 27.2 Å². The highest BCUT2D eigenvalue weighted by Crippen LogP contribution is 2.45. The Hall–Kier alpha value is -4.94. The number of hydrogen-bond donors (Lipinski definition) is 4. The van der Waals surface area contributed by atoms with E-state index in [9.17, 15) is 14.9 Å². The Morgan fingerprint density at radius 2 is 1.68 bits per heavy atom. The third-order valence-corrected chi connectivity index (χ3v) is 9.59. The van der Waals surface area contributed by atoms with E-state index in [2.05, 4.69) is 53.7 Å². The number of hydrogen-bond acceptors (Lipinski definition) is 6. The monoisotopic (exact) mass is 631 g/mol. The van der Waals surface area contributed by atoms with Crippen LogP contribution in [-0.2, 0) is 23.1 Å². The Morgan fingerprint density at radius 3 is 2.30 bits per heavy atom. The maximum absolute atomic E-state index is 13.2. The van der Waals surface area contributed by atoms with Gasteiger partial charge in [0.05, 0.1) is 23.7 Å². The largest absolute Gasteiger partial charge is 0.388 e. The standard InChI is InChI=1S/C38H45N7O2/c1-24-8-14-31(15-9-24)44-37(40)38(21-25(2)43-23-35(46)45-18-6-7-32(45)22-39)33-16-12-27(26(3)41-4)19-28(33)10-11-29-20-30(36(47)42-5)13-17-34(29)38/h8-9,12-17,19-20,25,32,41,43H,3,6-7,10-11,18,21,23H2,1-2,4-5H3,(H2,40,44)(H,42,47)/t25-,32?,38?/m0/s1. The quantitative estimate of drug-likeness (QED) is 0.192. The minimum Gasteiger partial charge on any atom is -0.388 e. The Labute approximate surface area is 278 Å². The molecule has 1 heterocycles. The van der Waals surface area contributed by atoms with Gasteiger partial charge in [0.25, 0.3) is 5.91 Å². The molecule has 5 rings (SSSR count). The molecule has 244 valence electrons. The molecule has 5 N–H and O–H groups in total. The molecule has 0 bridgehead atoms. The van der Waals surface area contributed by atoms with Gasteiger partial charge in [0, 0.05) is 37.9 Å². The van der Waals surface area contributed by atoms with Gasteiger partial charge in [-0.1, -0.05) is 42.5 Å². The zero-order chi connectivity index (χ0) is 33.7. The molecule has 9 heteroatoms. The van der Waals surface area contributed by atoms with E-state index in [-0.39, 0.29) is 30.4 Å². The van der Waals surface area contributed by atoms with Crippen molar-refractivity contribution in [3.63, 3.8) is 0 Å². The summed E-state index contributed by atoms with van der Waals surface area (Å²) in [6.45, 7) is 8.99. The predicted octanol–water partition coefficient (Wildman–Crippen LogP) is 4.50. The number of amides is 2. The molecule has 9 nitrogen and oxygen atoms in total. The van der Waals surface area contributed by atoms with Gasteiger partial charge in [-0.05, 0) is 104 Å². The van der Waals surface area contributed by atoms with Crippen LogP contribution in [0.25, 0.3) is 5.70 Å². The molecule has 2 unspecified atom stereocenters. The number of likely N-dealkylation sites (tertiary alicyclic amines) is 1. The van der Waals surface area contributed by atoms with Crippen LogP contribution in [0.1, 0.15) is 69.9 Å². The van der Waals surface area contributed by atoms with Crippen molar-refractivity contribution >= 4 is 29.0 Å². The molecule has 3 atom stereocenters. The summed E-state index contributed by atoms with van der Waals surface area (Å²) >= 11 is 0. The van der Waals surface area contributed by atoms with Crippen LogP contribution in [0.15, 0.2) is 72.2 Å². The number of nitrogens with two attached hydrogens (primary N) is 1. The number of nitrogens with zero attached hydrogens (tertiary/aromatic N) is 3. The first-order chi connectivity index (χ1) is 22.6. The fraction of sp³-hybridized carbons (Fsp3) is 0.368. The van der Waals surface area contributed by atoms with Crippen molar-refractivity contribution in [2.45, 2.75) is 63.5 Å². The number of fused-ring (bicyclic) bond motifs is 2. The average molecular weight is 632 g/mol. The second kappa shape index (κ2) is 14.2. The number of rotatable bonds is 10. The van der Waals surface area contributed by atoms with Gasteiger partial charge < -0.3 is 26.6 Å². The number of benzene rings is 3. The highest BCUT2D eigenvalue weighted by molar-refractivity contribution is 5.99. The number of carbonyl (C=O) groups excluding carboxylic acids is 2. The Balaban J connectivity index is 1.66. The molecule has 0 saturated carbocycles. The maximum atomic E-state index is 13.2. The molecule has 2 amide bonds. The lowest BCUT2D eigenvalue weighted by Crippen LogP contribution is -2.49. The lowest BCUT2D eigenvalue weighted by atomic mass is 9.67. The average Bonchev–Trinajstić information content (AvgIpc) is 3.53. The molecule has 47 heavy (non-hydrogen) atoms. The van der Waals surface area contributed by atoms with Gasteiger partial charge in [0.15, 0.2) is 0 Å². The molecule has 1 aliphatic carbocycles. The van der Waals surface area contributed by atoms with E-state index in [1.165, 1.54) is 0 Å². The zero-order valence-electron chi connectivity index (χ0n) is 27.8. The Morgan fingerprint density at radius 1 is 1.04 bits per heavy atom. The summed E-state index contributed by atoms with van der Waals surface area (Å²) in [4.78, 5) is 32.7. The summed E-state index contributed by atoms with van der Waals surface area (Å²) < 4.78 is 0. The van der Waals surface area contributed by atoms with Crippen molar-refractivity contribution in [1.82, 2.24) is 20.9 Å². The number of carbonyl (C=O) groups is 2. The van der Waals surface area contributed by atoms with Crippen LogP contribution < -0.4 is 21.7 Å². The van der Waals surface area contributed by atoms with Gasteiger partial charge in [-0.3, -0.25) is 9.59 Å². The lowest BCUT2D eigenvalue weighted by Gasteiger charge is -2.38. The zero-order valence-corrected chi connectivity index (χ0v) is 27.8. The Bertz CT molecular complexity index is 1670. The lowest BCUT2D eigenvalue weighted by molar-refractivity contribution is -0.130. The van der Waals surface area contributed by atoms with E-state index in [4.69, 9.17) is 10.7 Å². The molecule has 2 aliphatic rings. The summed E-state index contributed by atoms with van der Waals surface area (Å²) in [5.74, 6) is 0.200. The molecular formula is C38H45N7O2. The van der Waals surface area contributed by atoms with Gasteiger partial charge in [-0.25, -0.2) is 4.99 Å². The van der Waals surface area contributed by atoms with Gasteiger partial charge in [-0.2, -0.15) is 5.26 Å². The summed E-state index contributed by atoms with van der Waals surface area (Å²) in [6, 6.07) is 21.9. The Kier molecular flexibility index (Phi) is 10.1. The number of nitriles is 1. The molecule has 0 aromatic heterocycles. The van der Waals surface area contributed by atoms with Crippen molar-refractivity contribution < 1.29 is 9.59 Å². The van der Waals surface area contributed by atoms with Crippen LogP contribution in [0.5, 0.6) is 0 Å². The molecule has 3 aromatic rings. The first-order valence-electron chi connectivity index (χ1n) is 16.3. The van der Waals surface area contributed by atoms with Crippen LogP contribution in [0, 0.1) is 18.3 Å². The first kappa shape index (κ1) is 33.4. The van der Waals surface area contributed by atoms with Crippen LogP contribution in [0.3, 0.4) is 0 Å². The number of aryl methyl sites for hydroxylation is 3. The molecule has 1 saturated heterocycles. The van der Waals surface area contributed by atoms with Crippen molar-refractivity contribution in [2.24, 2.45) is 10.7 Å². The number of nitrogens with one attached hydrogen (secondary N) is 3. The van der Waals surface area contributed by atoms with Gasteiger partial charge in [-0.15, -0.1) is 0 Å². The van der Waals surface area contributed by atoms with Crippen molar-refractivity contribution in [1.29, 1.82) is 5.26 Å². The van der Waals surface area contributed by atoms with Crippen LogP contribution in [-0.4, -0.2) is 61.8 Å². The first-order valence-corrected chi connectivity index (χ1v) is 16.3. The summed E-state index contributed by atoms with van der Waals surface area (Å²) in [5, 5.41) is 18.9. The third-order valence-electron chi connectivity index (χ3n) is 9.59. The predicted molar refractivity (Wildman–Crippen MR) is 187 cm³/mol. The van der Waals surface area contributed by atoms with E-state index < -0.39 is 5.41 Å². The van der Waals surface area contributed by atoms with Gasteiger partial charge >= 0.3 is 0 Å². The number of aliphatic imine (C=N–C) groups is 1. The second-order valence-electron chi connectivity index (χ2n) is 12.6. The van der Waals surface area contributed by atoms with E-state index in [0.29, 0.717) is 37.2 Å². The van der Waals surface area contributed by atoms with Crippen LogP contribution in [0.4, 0.5) is 5.69 Å². The smallest absolute Gasteiger partial charge is 0.251 e. The minimum absolute atomic E-state index is 0.0802. The fourth-order valence-electron chi connectivity index (χ4n) is 7.01. The van der Waals surface area contributed by atoms with Crippen LogP contribution in [0.2, 0.25) is 0 Å². The SMILES string of the molecule is C=C(NC)c1ccc2c(c1)CCc1cc(C(=O)NC)ccc1C2(C[C@H](C)NCC(=O)N1CCCC1C#N)C(N)=Nc1ccc(C)cc1. The van der Waals surface area contributed by atoms with Gasteiger partial charge in [0.2, 0.25) is 5.91 Å². The fourth-order valence-corrected chi connectivity index (χ4v) is 7.01. The normalized spacial score (nSPS) is 19.5. The summed E-state index contributed by atoms with van der Waals surface area (Å²) in [7, 11) is 3.49. The molecule has 1 aliphatic heterocycles. The topological polar surface area (TPSA) is 136 Å². The van der Waals surface area contributed by atoms with Crippen molar-refractivity contribution in [3.8, 4) is 6.07 Å². The summed E-state index contributed by atoms with van der Waals surface area (Å²) in [5.41, 5.74) is 14.8. The molecule has 0 radical (unpaired) electrons. The third kappa shape index (κ3) is 6.79. The minimum atomic E-state index is -0.898.